The lowest BCUT2D eigenvalue weighted by Gasteiger charge is -2.23. The van der Waals surface area contributed by atoms with Crippen LogP contribution >= 0.6 is 12.4 Å². The first kappa shape index (κ1) is 12.2. The van der Waals surface area contributed by atoms with Gasteiger partial charge in [-0.3, -0.25) is 4.79 Å². The second-order valence-electron chi connectivity index (χ2n) is 5.56. The quantitative estimate of drug-likeness (QED) is 0.787. The summed E-state index contributed by atoms with van der Waals surface area (Å²) in [5, 5.41) is 6.49. The number of hydrogen-bond acceptors (Lipinski definition) is 2. The summed E-state index contributed by atoms with van der Waals surface area (Å²) in [6, 6.07) is 0. The van der Waals surface area contributed by atoms with Crippen LogP contribution in [0.3, 0.4) is 0 Å². The number of rotatable bonds is 3. The molecule has 1 spiro atoms. The van der Waals surface area contributed by atoms with Gasteiger partial charge >= 0.3 is 0 Å². The first-order valence-corrected chi connectivity index (χ1v) is 6.29. The lowest BCUT2D eigenvalue weighted by Crippen LogP contribution is -2.34. The number of carbonyl (C=O) groups excluding carboxylic acids is 1. The predicted molar refractivity (Wildman–Crippen MR) is 65.6 cm³/mol. The van der Waals surface area contributed by atoms with Crippen molar-refractivity contribution in [3.05, 3.63) is 0 Å². The minimum Gasteiger partial charge on any atom is -0.356 e. The van der Waals surface area contributed by atoms with E-state index in [1.54, 1.807) is 0 Å². The lowest BCUT2D eigenvalue weighted by molar-refractivity contribution is -0.123. The molecule has 1 atom stereocenters. The van der Waals surface area contributed by atoms with Gasteiger partial charge in [0.05, 0.1) is 0 Å². The molecule has 0 aromatic carbocycles. The largest absolute Gasteiger partial charge is 0.356 e. The van der Waals surface area contributed by atoms with Gasteiger partial charge in [-0.1, -0.05) is 0 Å². The van der Waals surface area contributed by atoms with Crippen LogP contribution in [0.15, 0.2) is 0 Å². The van der Waals surface area contributed by atoms with Gasteiger partial charge in [0.1, 0.15) is 0 Å². The summed E-state index contributed by atoms with van der Waals surface area (Å²) in [5.74, 6) is 1.49. The second-order valence-corrected chi connectivity index (χ2v) is 5.56. The third kappa shape index (κ3) is 2.35. The Kier molecular flexibility index (Phi) is 3.45. The standard InChI is InChI=1S/C12H20N2O.ClH/c15-11(14-8-9-1-2-9)10-7-12(10)3-5-13-6-4-12;/h9-10,13H,1-8H2,(H,14,15);1H. The zero-order chi connectivity index (χ0) is 10.3. The van der Waals surface area contributed by atoms with Gasteiger partial charge < -0.3 is 10.6 Å². The van der Waals surface area contributed by atoms with E-state index in [9.17, 15) is 4.79 Å². The molecule has 0 aromatic heterocycles. The Morgan fingerprint density at radius 2 is 2.00 bits per heavy atom. The molecule has 0 bridgehead atoms. The maximum Gasteiger partial charge on any atom is 0.223 e. The van der Waals surface area contributed by atoms with Gasteiger partial charge in [0.15, 0.2) is 0 Å². The summed E-state index contributed by atoms with van der Waals surface area (Å²) in [7, 11) is 0. The molecule has 1 heterocycles. The maximum atomic E-state index is 11.9. The van der Waals surface area contributed by atoms with Crippen LogP contribution in [0.5, 0.6) is 0 Å². The van der Waals surface area contributed by atoms with Crippen molar-refractivity contribution in [1.82, 2.24) is 10.6 Å². The molecule has 2 aliphatic carbocycles. The van der Waals surface area contributed by atoms with E-state index in [2.05, 4.69) is 10.6 Å². The summed E-state index contributed by atoms with van der Waals surface area (Å²) in [6.45, 7) is 3.14. The predicted octanol–water partition coefficient (Wildman–Crippen LogP) is 1.32. The Hall–Kier alpha value is -0.280. The molecule has 1 amide bonds. The molecule has 3 aliphatic rings. The topological polar surface area (TPSA) is 41.1 Å². The van der Waals surface area contributed by atoms with E-state index in [0.717, 1.165) is 32.0 Å². The third-order valence-electron chi connectivity index (χ3n) is 4.37. The van der Waals surface area contributed by atoms with E-state index in [4.69, 9.17) is 0 Å². The van der Waals surface area contributed by atoms with E-state index in [1.165, 1.54) is 25.7 Å². The molecule has 4 heteroatoms. The van der Waals surface area contributed by atoms with Gasteiger partial charge in [-0.25, -0.2) is 0 Å². The highest BCUT2D eigenvalue weighted by Gasteiger charge is 2.57. The van der Waals surface area contributed by atoms with E-state index < -0.39 is 0 Å². The minimum atomic E-state index is 0. The molecule has 0 radical (unpaired) electrons. The maximum absolute atomic E-state index is 11.9. The zero-order valence-electron chi connectivity index (χ0n) is 9.63. The Bertz CT molecular complexity index is 272. The average Bonchev–Trinajstić information content (AvgIpc) is 3.14. The molecule has 92 valence electrons. The molecule has 1 aliphatic heterocycles. The molecule has 1 unspecified atom stereocenters. The van der Waals surface area contributed by atoms with Crippen molar-refractivity contribution in [2.45, 2.75) is 32.1 Å². The fraction of sp³-hybridized carbons (Fsp3) is 0.917. The highest BCUT2D eigenvalue weighted by Crippen LogP contribution is 2.58. The second kappa shape index (κ2) is 4.53. The van der Waals surface area contributed by atoms with Gasteiger partial charge in [0.25, 0.3) is 0 Å². The van der Waals surface area contributed by atoms with Crippen LogP contribution < -0.4 is 10.6 Å². The van der Waals surface area contributed by atoms with E-state index in [-0.39, 0.29) is 12.4 Å². The first-order valence-electron chi connectivity index (χ1n) is 6.29. The van der Waals surface area contributed by atoms with Gasteiger partial charge in [-0.05, 0) is 56.5 Å². The van der Waals surface area contributed by atoms with Crippen LogP contribution in [0.4, 0.5) is 0 Å². The highest BCUT2D eigenvalue weighted by molar-refractivity contribution is 5.85. The number of nitrogens with one attached hydrogen (secondary N) is 2. The number of hydrogen-bond donors (Lipinski definition) is 2. The van der Waals surface area contributed by atoms with Crippen molar-refractivity contribution in [2.24, 2.45) is 17.3 Å². The zero-order valence-corrected chi connectivity index (χ0v) is 10.4. The van der Waals surface area contributed by atoms with E-state index in [1.807, 2.05) is 0 Å². The molecule has 3 fully saturated rings. The summed E-state index contributed by atoms with van der Waals surface area (Å²) in [6.07, 6.45) is 6.19. The van der Waals surface area contributed by atoms with Gasteiger partial charge in [-0.15, -0.1) is 12.4 Å². The molecular formula is C12H21ClN2O. The van der Waals surface area contributed by atoms with Crippen molar-refractivity contribution in [1.29, 1.82) is 0 Å². The summed E-state index contributed by atoms with van der Waals surface area (Å²) in [4.78, 5) is 11.9. The van der Waals surface area contributed by atoms with Gasteiger partial charge in [-0.2, -0.15) is 0 Å². The Labute approximate surface area is 103 Å². The van der Waals surface area contributed by atoms with Crippen LogP contribution in [-0.4, -0.2) is 25.5 Å². The Balaban J connectivity index is 0.000000963. The average molecular weight is 245 g/mol. The third-order valence-corrected chi connectivity index (χ3v) is 4.37. The van der Waals surface area contributed by atoms with Crippen molar-refractivity contribution < 1.29 is 4.79 Å². The summed E-state index contributed by atoms with van der Waals surface area (Å²) < 4.78 is 0. The minimum absolute atomic E-state index is 0. The number of halogens is 1. The molecular weight excluding hydrogens is 224 g/mol. The van der Waals surface area contributed by atoms with Crippen LogP contribution in [0, 0.1) is 17.3 Å². The van der Waals surface area contributed by atoms with Crippen LogP contribution in [0.2, 0.25) is 0 Å². The molecule has 0 aromatic rings. The molecule has 16 heavy (non-hydrogen) atoms. The van der Waals surface area contributed by atoms with E-state index >= 15 is 0 Å². The van der Waals surface area contributed by atoms with Crippen molar-refractivity contribution in [3.63, 3.8) is 0 Å². The number of carbonyl (C=O) groups is 1. The smallest absolute Gasteiger partial charge is 0.223 e. The van der Waals surface area contributed by atoms with Crippen molar-refractivity contribution in [3.8, 4) is 0 Å². The number of piperidine rings is 1. The first-order chi connectivity index (χ1) is 7.30. The van der Waals surface area contributed by atoms with Crippen molar-refractivity contribution in [2.75, 3.05) is 19.6 Å². The van der Waals surface area contributed by atoms with Gasteiger partial charge in [0.2, 0.25) is 5.91 Å². The fourth-order valence-corrected chi connectivity index (χ4v) is 2.89. The highest BCUT2D eigenvalue weighted by atomic mass is 35.5. The van der Waals surface area contributed by atoms with Crippen LogP contribution in [0.25, 0.3) is 0 Å². The van der Waals surface area contributed by atoms with Gasteiger partial charge in [0, 0.05) is 12.5 Å². The fourth-order valence-electron chi connectivity index (χ4n) is 2.89. The molecule has 1 saturated heterocycles. The summed E-state index contributed by atoms with van der Waals surface area (Å²) in [5.41, 5.74) is 0.402. The number of amides is 1. The monoisotopic (exact) mass is 244 g/mol. The van der Waals surface area contributed by atoms with E-state index in [0.29, 0.717) is 17.2 Å². The molecule has 3 rings (SSSR count). The normalized spacial score (nSPS) is 30.6. The molecule has 2 N–H and O–H groups in total. The lowest BCUT2D eigenvalue weighted by atomic mass is 9.92. The summed E-state index contributed by atoms with van der Waals surface area (Å²) >= 11 is 0. The molecule has 3 nitrogen and oxygen atoms in total. The van der Waals surface area contributed by atoms with Crippen molar-refractivity contribution >= 4 is 18.3 Å². The van der Waals surface area contributed by atoms with Crippen LogP contribution in [-0.2, 0) is 4.79 Å². The Morgan fingerprint density at radius 1 is 1.31 bits per heavy atom. The SMILES string of the molecule is Cl.O=C(NCC1CC1)C1CC12CCNCC2. The Morgan fingerprint density at radius 3 is 2.62 bits per heavy atom. The van der Waals surface area contributed by atoms with Crippen LogP contribution in [0.1, 0.15) is 32.1 Å². The molecule has 2 saturated carbocycles.